The van der Waals surface area contributed by atoms with Crippen LogP contribution in [0.3, 0.4) is 0 Å². The molecule has 1 rings (SSSR count). The van der Waals surface area contributed by atoms with Gasteiger partial charge in [-0.25, -0.2) is 9.13 Å². The molecule has 0 aliphatic carbocycles. The van der Waals surface area contributed by atoms with E-state index in [1.807, 2.05) is 21.7 Å². The molecule has 1 aromatic rings. The fraction of sp³-hybridized carbons (Fsp3) is 0.737. The molecule has 30 heavy (non-hydrogen) atoms. The van der Waals surface area contributed by atoms with E-state index in [1.54, 1.807) is 0 Å². The number of carbonyl (C=O) groups is 2. The second-order valence-electron chi connectivity index (χ2n) is 7.55. The largest absolute Gasteiger partial charge is 0.548 e. The van der Waals surface area contributed by atoms with Crippen molar-refractivity contribution in [2.45, 2.75) is 82.3 Å². The number of carboxylic acids is 2. The van der Waals surface area contributed by atoms with Crippen LogP contribution < -0.4 is 21.1 Å². The Labute approximate surface area is 175 Å². The zero-order chi connectivity index (χ0) is 22.7. The van der Waals surface area contributed by atoms with E-state index in [-0.39, 0.29) is 6.42 Å². The van der Waals surface area contributed by atoms with Crippen molar-refractivity contribution in [3.8, 4) is 0 Å². The van der Waals surface area contributed by atoms with Crippen LogP contribution in [0.4, 0.5) is 0 Å². The highest BCUT2D eigenvalue weighted by molar-refractivity contribution is 5.72. The minimum Gasteiger partial charge on any atom is -0.548 e. The molecule has 11 nitrogen and oxygen atoms in total. The molecule has 1 heterocycles. The van der Waals surface area contributed by atoms with E-state index in [1.165, 1.54) is 0 Å². The fourth-order valence-corrected chi connectivity index (χ4v) is 3.06. The Morgan fingerprint density at radius 3 is 2.30 bits per heavy atom. The molecule has 0 saturated heterocycles. The minimum atomic E-state index is -1.28. The molecule has 0 spiro atoms. The van der Waals surface area contributed by atoms with E-state index in [0.717, 1.165) is 12.1 Å². The Bertz CT molecular complexity index is 667. The number of hydrogen-bond acceptors (Lipinski definition) is 8. The molecule has 8 N–H and O–H groups in total. The number of hydrogen-bond donors (Lipinski definition) is 6. The molecule has 0 fully saturated rings. The van der Waals surface area contributed by atoms with E-state index in [0.29, 0.717) is 45.2 Å². The summed E-state index contributed by atoms with van der Waals surface area (Å²) in [5, 5.41) is 48.2. The second-order valence-corrected chi connectivity index (χ2v) is 7.55. The van der Waals surface area contributed by atoms with Gasteiger partial charge in [0.25, 0.3) is 0 Å². The van der Waals surface area contributed by atoms with Crippen LogP contribution in [0.5, 0.6) is 0 Å². The minimum absolute atomic E-state index is 0.136. The number of aryl methyl sites for hydroxylation is 2. The van der Waals surface area contributed by atoms with Crippen LogP contribution in [0, 0.1) is 0 Å². The molecule has 0 bridgehead atoms. The Balaban J connectivity index is 2.67. The lowest BCUT2D eigenvalue weighted by Gasteiger charge is -2.14. The summed E-state index contributed by atoms with van der Waals surface area (Å²) < 4.78 is 3.81. The summed E-state index contributed by atoms with van der Waals surface area (Å²) in [6.45, 7) is 0.640. The number of carbonyl (C=O) groups excluding carboxylic acids is 1. The molecule has 0 aromatic carbocycles. The Morgan fingerprint density at radius 2 is 1.70 bits per heavy atom. The summed E-state index contributed by atoms with van der Waals surface area (Å²) >= 11 is 0. The van der Waals surface area contributed by atoms with E-state index >= 15 is 0 Å². The quantitative estimate of drug-likeness (QED) is 0.116. The zero-order valence-electron chi connectivity index (χ0n) is 17.1. The van der Waals surface area contributed by atoms with Gasteiger partial charge in [-0.2, -0.15) is 0 Å². The number of unbranched alkanes of at least 4 members (excludes halogenated alkanes) is 2. The van der Waals surface area contributed by atoms with Gasteiger partial charge in [0.1, 0.15) is 24.0 Å². The first-order chi connectivity index (χ1) is 14.1. The predicted octanol–water partition coefficient (Wildman–Crippen LogP) is -3.14. The smallest absolute Gasteiger partial charge is 0.320 e. The Morgan fingerprint density at radius 1 is 1.07 bits per heavy atom. The van der Waals surface area contributed by atoms with Gasteiger partial charge in [-0.15, -0.1) is 0 Å². The lowest BCUT2D eigenvalue weighted by Crippen LogP contribution is -2.41. The summed E-state index contributed by atoms with van der Waals surface area (Å²) in [5.74, 6) is -2.30. The maximum absolute atomic E-state index is 10.8. The molecule has 0 aliphatic heterocycles. The predicted molar refractivity (Wildman–Crippen MR) is 104 cm³/mol. The molecule has 0 aliphatic rings. The van der Waals surface area contributed by atoms with Crippen molar-refractivity contribution in [1.82, 2.24) is 4.57 Å². The van der Waals surface area contributed by atoms with Gasteiger partial charge in [0.15, 0.2) is 0 Å². The fourth-order valence-electron chi connectivity index (χ4n) is 3.06. The van der Waals surface area contributed by atoms with Gasteiger partial charge in [-0.05, 0) is 38.5 Å². The number of aromatic nitrogens is 2. The molecule has 4 atom stereocenters. The number of aliphatic hydroxyl groups excluding tert-OH is 3. The van der Waals surface area contributed by atoms with E-state index in [4.69, 9.17) is 21.7 Å². The van der Waals surface area contributed by atoms with Crippen LogP contribution in [-0.2, 0) is 29.1 Å². The first kappa shape index (κ1) is 26.0. The van der Waals surface area contributed by atoms with Gasteiger partial charge < -0.3 is 41.8 Å². The molecule has 0 unspecified atom stereocenters. The van der Waals surface area contributed by atoms with Crippen molar-refractivity contribution in [3.63, 3.8) is 0 Å². The summed E-state index contributed by atoms with van der Waals surface area (Å²) in [6.07, 6.45) is 4.73. The van der Waals surface area contributed by atoms with Gasteiger partial charge in [-0.3, -0.25) is 4.79 Å². The standard InChI is InChI=1S/C19H34N4O7/c20-14(18(27)28)5-1-3-7-22-10-13(9-16(25)17(26)11-24)23(12-22)8-4-2-6-15(21)19(29)30/h10,12,14-17,24-26H,1-9,11,20-21H2,(H-,27,28,29,30)/t14-,15-,16-,17+/m0/s1. The molecular weight excluding hydrogens is 396 g/mol. The monoisotopic (exact) mass is 430 g/mol. The van der Waals surface area contributed by atoms with Gasteiger partial charge in [0.05, 0.1) is 31.8 Å². The van der Waals surface area contributed by atoms with Crippen molar-refractivity contribution in [2.75, 3.05) is 6.61 Å². The van der Waals surface area contributed by atoms with E-state index < -0.39 is 42.8 Å². The Kier molecular flexibility index (Phi) is 11.5. The molecular formula is C19H34N4O7. The van der Waals surface area contributed by atoms with Crippen molar-refractivity contribution >= 4 is 11.9 Å². The molecule has 172 valence electrons. The normalized spacial score (nSPS) is 15.5. The average molecular weight is 431 g/mol. The number of rotatable bonds is 16. The third-order valence-electron chi connectivity index (χ3n) is 4.99. The topological polar surface area (TPSA) is 199 Å². The molecule has 0 radical (unpaired) electrons. The number of aliphatic hydroxyl groups is 3. The molecule has 0 saturated carbocycles. The third-order valence-corrected chi connectivity index (χ3v) is 4.99. The average Bonchev–Trinajstić information content (AvgIpc) is 3.08. The lowest BCUT2D eigenvalue weighted by atomic mass is 10.1. The summed E-state index contributed by atoms with van der Waals surface area (Å²) in [5.41, 5.74) is 11.7. The van der Waals surface area contributed by atoms with Gasteiger partial charge >= 0.3 is 5.97 Å². The molecule has 0 amide bonds. The number of aliphatic carboxylic acids is 2. The van der Waals surface area contributed by atoms with E-state index in [2.05, 4.69) is 0 Å². The van der Waals surface area contributed by atoms with Crippen LogP contribution in [-0.4, -0.2) is 67.8 Å². The third kappa shape index (κ3) is 9.18. The summed E-state index contributed by atoms with van der Waals surface area (Å²) in [6, 6.07) is -1.88. The van der Waals surface area contributed by atoms with Crippen molar-refractivity contribution in [1.29, 1.82) is 0 Å². The lowest BCUT2D eigenvalue weighted by molar-refractivity contribution is -0.697. The van der Waals surface area contributed by atoms with Crippen molar-refractivity contribution in [3.05, 3.63) is 18.2 Å². The first-order valence-corrected chi connectivity index (χ1v) is 10.2. The highest BCUT2D eigenvalue weighted by atomic mass is 16.4. The number of carboxylic acid groups (broad SMARTS) is 2. The van der Waals surface area contributed by atoms with Gasteiger partial charge in [0, 0.05) is 12.5 Å². The second kappa shape index (κ2) is 13.3. The maximum Gasteiger partial charge on any atom is 0.320 e. The van der Waals surface area contributed by atoms with Crippen LogP contribution in [0.2, 0.25) is 0 Å². The highest BCUT2D eigenvalue weighted by Gasteiger charge is 2.22. The van der Waals surface area contributed by atoms with Crippen molar-refractivity contribution < 1.29 is 39.7 Å². The summed E-state index contributed by atoms with van der Waals surface area (Å²) in [7, 11) is 0. The maximum atomic E-state index is 10.8. The Hall–Kier alpha value is -2.05. The van der Waals surface area contributed by atoms with Gasteiger partial charge in [0.2, 0.25) is 6.33 Å². The number of imidazole rings is 1. The number of nitrogens with two attached hydrogens (primary N) is 2. The molecule has 11 heteroatoms. The van der Waals surface area contributed by atoms with Crippen LogP contribution in [0.1, 0.15) is 44.2 Å². The first-order valence-electron chi connectivity index (χ1n) is 10.2. The number of nitrogens with zero attached hydrogens (tertiary/aromatic N) is 2. The summed E-state index contributed by atoms with van der Waals surface area (Å²) in [4.78, 5) is 21.4. The van der Waals surface area contributed by atoms with Crippen LogP contribution >= 0.6 is 0 Å². The van der Waals surface area contributed by atoms with E-state index in [9.17, 15) is 24.9 Å². The van der Waals surface area contributed by atoms with Crippen LogP contribution in [0.15, 0.2) is 12.5 Å². The highest BCUT2D eigenvalue weighted by Crippen LogP contribution is 2.10. The van der Waals surface area contributed by atoms with Gasteiger partial charge in [-0.1, -0.05) is 0 Å². The van der Waals surface area contributed by atoms with Crippen molar-refractivity contribution in [2.24, 2.45) is 11.5 Å². The van der Waals surface area contributed by atoms with Crippen LogP contribution in [0.25, 0.3) is 0 Å². The molecule has 1 aromatic heterocycles. The SMILES string of the molecule is N[C@@H](CCCCn1c[n+](CCCC[C@H](N)C(=O)O)cc1C[C@H](O)[C@H](O)CO)C(=O)[O-]. The zero-order valence-corrected chi connectivity index (χ0v) is 17.1.